The molecule has 1 amide bonds. The number of hydrogen-bond donors (Lipinski definition) is 2. The van der Waals surface area contributed by atoms with Crippen molar-refractivity contribution in [2.75, 3.05) is 31.5 Å². The number of nitrogens with one attached hydrogen (secondary N) is 2. The number of anilines is 1. The van der Waals surface area contributed by atoms with Gasteiger partial charge in [0.1, 0.15) is 0 Å². The quantitative estimate of drug-likeness (QED) is 0.892. The van der Waals surface area contributed by atoms with Crippen molar-refractivity contribution >= 4 is 46.4 Å². The van der Waals surface area contributed by atoms with Crippen LogP contribution in [0.1, 0.15) is 6.92 Å². The van der Waals surface area contributed by atoms with Gasteiger partial charge < -0.3 is 10.6 Å². The Morgan fingerprint density at radius 3 is 2.65 bits per heavy atom. The summed E-state index contributed by atoms with van der Waals surface area (Å²) in [6.07, 6.45) is 0. The van der Waals surface area contributed by atoms with Crippen molar-refractivity contribution in [3.05, 3.63) is 27.2 Å². The van der Waals surface area contributed by atoms with Gasteiger partial charge in [0.2, 0.25) is 5.91 Å². The SMILES string of the molecule is C[C@@H]1CNCCN1CC(=O)Nc1c(Cl)cc(Cl)cc1Cl. The van der Waals surface area contributed by atoms with Crippen molar-refractivity contribution < 1.29 is 4.79 Å². The van der Waals surface area contributed by atoms with Gasteiger partial charge in [-0.15, -0.1) is 0 Å². The van der Waals surface area contributed by atoms with Crippen LogP contribution in [0.15, 0.2) is 12.1 Å². The molecule has 0 aliphatic carbocycles. The van der Waals surface area contributed by atoms with Gasteiger partial charge >= 0.3 is 0 Å². The lowest BCUT2D eigenvalue weighted by molar-refractivity contribution is -0.118. The molecular weight excluding hydrogens is 321 g/mol. The minimum atomic E-state index is -0.134. The van der Waals surface area contributed by atoms with E-state index < -0.39 is 0 Å². The van der Waals surface area contributed by atoms with Gasteiger partial charge in [0.15, 0.2) is 0 Å². The average molecular weight is 337 g/mol. The lowest BCUT2D eigenvalue weighted by atomic mass is 10.2. The zero-order valence-electron chi connectivity index (χ0n) is 11.0. The molecule has 0 aromatic heterocycles. The summed E-state index contributed by atoms with van der Waals surface area (Å²) in [5.74, 6) is -0.134. The second-order valence-electron chi connectivity index (χ2n) is 4.82. The van der Waals surface area contributed by atoms with Crippen LogP contribution in [0.25, 0.3) is 0 Å². The van der Waals surface area contributed by atoms with Crippen LogP contribution >= 0.6 is 34.8 Å². The average Bonchev–Trinajstić information content (AvgIpc) is 2.36. The maximum Gasteiger partial charge on any atom is 0.238 e. The molecule has 0 spiro atoms. The smallest absolute Gasteiger partial charge is 0.238 e. The van der Waals surface area contributed by atoms with Crippen molar-refractivity contribution in [1.29, 1.82) is 0 Å². The molecule has 1 fully saturated rings. The van der Waals surface area contributed by atoms with E-state index >= 15 is 0 Å². The second kappa shape index (κ2) is 6.96. The molecule has 0 radical (unpaired) electrons. The molecule has 1 atom stereocenters. The molecule has 7 heteroatoms. The highest BCUT2D eigenvalue weighted by atomic mass is 35.5. The van der Waals surface area contributed by atoms with E-state index in [0.717, 1.165) is 19.6 Å². The monoisotopic (exact) mass is 335 g/mol. The Bertz CT molecular complexity index is 487. The highest BCUT2D eigenvalue weighted by Gasteiger charge is 2.21. The molecule has 1 aromatic rings. The molecule has 0 unspecified atom stereocenters. The zero-order valence-corrected chi connectivity index (χ0v) is 13.3. The number of hydrogen-bond acceptors (Lipinski definition) is 3. The standard InChI is InChI=1S/C13H16Cl3N3O/c1-8-6-17-2-3-19(8)7-12(20)18-13-10(15)4-9(14)5-11(13)16/h4-5,8,17H,2-3,6-7H2,1H3,(H,18,20)/t8-/m1/s1. The maximum atomic E-state index is 12.1. The Labute approximate surface area is 133 Å². The number of piperazine rings is 1. The normalized spacial score (nSPS) is 19.9. The third-order valence-electron chi connectivity index (χ3n) is 3.26. The number of carbonyl (C=O) groups is 1. The molecule has 1 heterocycles. The van der Waals surface area contributed by atoms with Gasteiger partial charge in [-0.2, -0.15) is 0 Å². The molecule has 0 bridgehead atoms. The Morgan fingerprint density at radius 1 is 1.40 bits per heavy atom. The van der Waals surface area contributed by atoms with Crippen LogP contribution in [-0.4, -0.2) is 43.0 Å². The number of benzene rings is 1. The molecule has 1 aromatic carbocycles. The van der Waals surface area contributed by atoms with Crippen molar-refractivity contribution in [2.24, 2.45) is 0 Å². The molecular formula is C13H16Cl3N3O. The third kappa shape index (κ3) is 3.99. The lowest BCUT2D eigenvalue weighted by Crippen LogP contribution is -2.52. The third-order valence-corrected chi connectivity index (χ3v) is 4.07. The highest BCUT2D eigenvalue weighted by molar-refractivity contribution is 6.42. The van der Waals surface area contributed by atoms with E-state index in [1.165, 1.54) is 0 Å². The summed E-state index contributed by atoms with van der Waals surface area (Å²) >= 11 is 17.9. The number of halogens is 3. The molecule has 1 aliphatic rings. The van der Waals surface area contributed by atoms with E-state index in [1.807, 2.05) is 0 Å². The van der Waals surface area contributed by atoms with Gasteiger partial charge in [0.05, 0.1) is 22.3 Å². The summed E-state index contributed by atoms with van der Waals surface area (Å²) in [4.78, 5) is 14.2. The van der Waals surface area contributed by atoms with Gasteiger partial charge in [-0.3, -0.25) is 9.69 Å². The Morgan fingerprint density at radius 2 is 2.05 bits per heavy atom. The fraction of sp³-hybridized carbons (Fsp3) is 0.462. The predicted octanol–water partition coefficient (Wildman–Crippen LogP) is 2.88. The van der Waals surface area contributed by atoms with E-state index in [9.17, 15) is 4.79 Å². The van der Waals surface area contributed by atoms with Gasteiger partial charge in [0, 0.05) is 30.7 Å². The van der Waals surface area contributed by atoms with Crippen molar-refractivity contribution in [3.8, 4) is 0 Å². The Balaban J connectivity index is 2.01. The molecule has 2 rings (SSSR count). The van der Waals surface area contributed by atoms with Gasteiger partial charge in [-0.05, 0) is 19.1 Å². The van der Waals surface area contributed by atoms with Crippen LogP contribution in [0.5, 0.6) is 0 Å². The summed E-state index contributed by atoms with van der Waals surface area (Å²) in [6.45, 7) is 5.02. The minimum absolute atomic E-state index is 0.134. The number of amides is 1. The van der Waals surface area contributed by atoms with Crippen molar-refractivity contribution in [1.82, 2.24) is 10.2 Å². The first-order chi connectivity index (χ1) is 9.47. The molecule has 0 saturated carbocycles. The summed E-state index contributed by atoms with van der Waals surface area (Å²) in [5.41, 5.74) is 0.408. The van der Waals surface area contributed by atoms with E-state index in [-0.39, 0.29) is 5.91 Å². The molecule has 110 valence electrons. The number of carbonyl (C=O) groups excluding carboxylic acids is 1. The van der Waals surface area contributed by atoms with Gasteiger partial charge in [-0.1, -0.05) is 34.8 Å². The Hall–Kier alpha value is -0.520. The van der Waals surface area contributed by atoms with Crippen LogP contribution in [0.4, 0.5) is 5.69 Å². The van der Waals surface area contributed by atoms with E-state index in [4.69, 9.17) is 34.8 Å². The molecule has 20 heavy (non-hydrogen) atoms. The van der Waals surface area contributed by atoms with Gasteiger partial charge in [0.25, 0.3) is 0 Å². The minimum Gasteiger partial charge on any atom is -0.322 e. The van der Waals surface area contributed by atoms with Crippen LogP contribution in [0, 0.1) is 0 Å². The summed E-state index contributed by atoms with van der Waals surface area (Å²) in [6, 6.07) is 3.43. The van der Waals surface area contributed by atoms with Crippen molar-refractivity contribution in [3.63, 3.8) is 0 Å². The highest BCUT2D eigenvalue weighted by Crippen LogP contribution is 2.33. The van der Waals surface area contributed by atoms with Crippen LogP contribution in [0.2, 0.25) is 15.1 Å². The first kappa shape index (κ1) is 15.9. The fourth-order valence-corrected chi connectivity index (χ4v) is 3.05. The first-order valence-corrected chi connectivity index (χ1v) is 7.50. The van der Waals surface area contributed by atoms with E-state index in [2.05, 4.69) is 22.5 Å². The predicted molar refractivity (Wildman–Crippen MR) is 84.0 cm³/mol. The Kier molecular flexibility index (Phi) is 5.52. The molecule has 1 aliphatic heterocycles. The second-order valence-corrected chi connectivity index (χ2v) is 6.07. The summed E-state index contributed by atoms with van der Waals surface area (Å²) in [7, 11) is 0. The first-order valence-electron chi connectivity index (χ1n) is 6.36. The fourth-order valence-electron chi connectivity index (χ4n) is 2.14. The van der Waals surface area contributed by atoms with Gasteiger partial charge in [-0.25, -0.2) is 0 Å². The van der Waals surface area contributed by atoms with Crippen LogP contribution in [0.3, 0.4) is 0 Å². The maximum absolute atomic E-state index is 12.1. The summed E-state index contributed by atoms with van der Waals surface area (Å²) in [5, 5.41) is 7.14. The molecule has 2 N–H and O–H groups in total. The lowest BCUT2D eigenvalue weighted by Gasteiger charge is -2.33. The molecule has 4 nitrogen and oxygen atoms in total. The zero-order chi connectivity index (χ0) is 14.7. The van der Waals surface area contributed by atoms with Crippen molar-refractivity contribution in [2.45, 2.75) is 13.0 Å². The molecule has 1 saturated heterocycles. The van der Waals surface area contributed by atoms with Crippen LogP contribution < -0.4 is 10.6 Å². The van der Waals surface area contributed by atoms with E-state index in [1.54, 1.807) is 12.1 Å². The topological polar surface area (TPSA) is 44.4 Å². The number of nitrogens with zero attached hydrogens (tertiary/aromatic N) is 1. The number of rotatable bonds is 3. The van der Waals surface area contributed by atoms with Crippen LogP contribution in [-0.2, 0) is 4.79 Å². The summed E-state index contributed by atoms with van der Waals surface area (Å²) < 4.78 is 0. The van der Waals surface area contributed by atoms with E-state index in [0.29, 0.717) is 33.3 Å². The largest absolute Gasteiger partial charge is 0.322 e.